The Morgan fingerprint density at radius 3 is 2.50 bits per heavy atom. The molecule has 0 bridgehead atoms. The zero-order valence-electron chi connectivity index (χ0n) is 16.4. The fraction of sp³-hybridized carbons (Fsp3) is 0.182. The van der Waals surface area contributed by atoms with Crippen molar-refractivity contribution in [3.8, 4) is 0 Å². The van der Waals surface area contributed by atoms with Gasteiger partial charge >= 0.3 is 11.9 Å². The molecule has 0 aliphatic rings. The van der Waals surface area contributed by atoms with Crippen LogP contribution in [0.5, 0.6) is 0 Å². The number of aromatic nitrogens is 1. The third-order valence-electron chi connectivity index (χ3n) is 4.50. The monoisotopic (exact) mass is 410 g/mol. The van der Waals surface area contributed by atoms with Gasteiger partial charge in [-0.2, -0.15) is 0 Å². The smallest absolute Gasteiger partial charge is 0.340 e. The van der Waals surface area contributed by atoms with Crippen LogP contribution in [0.1, 0.15) is 32.0 Å². The topological polar surface area (TPSA) is 94.6 Å². The summed E-state index contributed by atoms with van der Waals surface area (Å²) in [5.74, 6) is -2.78. The second kappa shape index (κ2) is 9.13. The van der Waals surface area contributed by atoms with Gasteiger partial charge in [0.15, 0.2) is 0 Å². The van der Waals surface area contributed by atoms with E-state index in [2.05, 4.69) is 10.3 Å². The van der Waals surface area contributed by atoms with Gasteiger partial charge < -0.3 is 14.8 Å². The fourth-order valence-corrected chi connectivity index (χ4v) is 3.01. The number of pyridine rings is 1. The van der Waals surface area contributed by atoms with Crippen LogP contribution in [0.15, 0.2) is 48.5 Å². The van der Waals surface area contributed by atoms with Gasteiger partial charge in [-0.15, -0.1) is 0 Å². The number of ether oxygens (including phenoxy) is 2. The van der Waals surface area contributed by atoms with Crippen LogP contribution in [0, 0.1) is 12.7 Å². The summed E-state index contributed by atoms with van der Waals surface area (Å²) in [5.41, 5.74) is 1.59. The summed E-state index contributed by atoms with van der Waals surface area (Å²) in [4.78, 5) is 40.7. The van der Waals surface area contributed by atoms with Crippen molar-refractivity contribution in [1.29, 1.82) is 0 Å². The van der Waals surface area contributed by atoms with Gasteiger partial charge in [0.25, 0.3) is 5.91 Å². The molecule has 0 radical (unpaired) electrons. The second-order valence-corrected chi connectivity index (χ2v) is 6.39. The Balaban J connectivity index is 1.72. The third-order valence-corrected chi connectivity index (χ3v) is 4.50. The summed E-state index contributed by atoms with van der Waals surface area (Å²) in [6.07, 6.45) is 0. The number of esters is 2. The maximum atomic E-state index is 13.6. The predicted octanol–water partition coefficient (Wildman–Crippen LogP) is 2.94. The molecule has 3 rings (SSSR count). The largest absolute Gasteiger partial charge is 0.465 e. The van der Waals surface area contributed by atoms with Crippen LogP contribution in [0.25, 0.3) is 10.9 Å². The normalized spacial score (nSPS) is 10.5. The zero-order chi connectivity index (χ0) is 21.7. The highest BCUT2D eigenvalue weighted by molar-refractivity contribution is 5.98. The van der Waals surface area contributed by atoms with Crippen LogP contribution >= 0.6 is 0 Å². The predicted molar refractivity (Wildman–Crippen MR) is 106 cm³/mol. The number of fused-ring (bicyclic) bond motifs is 1. The van der Waals surface area contributed by atoms with Crippen molar-refractivity contribution in [2.75, 3.05) is 13.7 Å². The Morgan fingerprint density at radius 1 is 1.07 bits per heavy atom. The van der Waals surface area contributed by atoms with Crippen molar-refractivity contribution in [2.45, 2.75) is 13.5 Å². The fourth-order valence-electron chi connectivity index (χ4n) is 3.01. The lowest BCUT2D eigenvalue weighted by Crippen LogP contribution is -2.31. The molecule has 1 heterocycles. The first-order chi connectivity index (χ1) is 14.4. The SMILES string of the molecule is COC(=O)c1c(COC(=O)CNC(=O)c2ccccc2F)nc2ccccc2c1C. The molecule has 1 N–H and O–H groups in total. The molecular formula is C22H19FN2O5. The Bertz CT molecular complexity index is 1130. The van der Waals surface area contributed by atoms with Crippen molar-refractivity contribution < 1.29 is 28.2 Å². The molecule has 0 unspecified atom stereocenters. The van der Waals surface area contributed by atoms with E-state index in [9.17, 15) is 18.8 Å². The van der Waals surface area contributed by atoms with Crippen LogP contribution in [0.2, 0.25) is 0 Å². The van der Waals surface area contributed by atoms with Crippen molar-refractivity contribution in [3.63, 3.8) is 0 Å². The summed E-state index contributed by atoms with van der Waals surface area (Å²) < 4.78 is 23.6. The number of rotatable bonds is 6. The summed E-state index contributed by atoms with van der Waals surface area (Å²) in [5, 5.41) is 3.08. The van der Waals surface area contributed by atoms with E-state index in [-0.39, 0.29) is 23.4 Å². The number of amides is 1. The van der Waals surface area contributed by atoms with Crippen molar-refractivity contribution in [2.24, 2.45) is 0 Å². The molecule has 0 spiro atoms. The summed E-state index contributed by atoms with van der Waals surface area (Å²) >= 11 is 0. The average Bonchev–Trinajstić information content (AvgIpc) is 2.76. The Kier molecular flexibility index (Phi) is 6.36. The molecule has 0 saturated heterocycles. The number of hydrogen-bond acceptors (Lipinski definition) is 6. The molecule has 1 aromatic heterocycles. The molecule has 154 valence electrons. The molecule has 3 aromatic rings. The number of carbonyl (C=O) groups is 3. The van der Waals surface area contributed by atoms with Crippen molar-refractivity contribution in [1.82, 2.24) is 10.3 Å². The number of hydrogen-bond donors (Lipinski definition) is 1. The van der Waals surface area contributed by atoms with Crippen LogP contribution < -0.4 is 5.32 Å². The van der Waals surface area contributed by atoms with Gasteiger partial charge in [0.1, 0.15) is 19.0 Å². The molecule has 30 heavy (non-hydrogen) atoms. The molecule has 0 aliphatic carbocycles. The highest BCUT2D eigenvalue weighted by Crippen LogP contribution is 2.24. The van der Waals surface area contributed by atoms with Gasteiger partial charge in [0.05, 0.1) is 29.4 Å². The lowest BCUT2D eigenvalue weighted by Gasteiger charge is -2.13. The minimum absolute atomic E-state index is 0.176. The lowest BCUT2D eigenvalue weighted by atomic mass is 10.0. The van der Waals surface area contributed by atoms with Gasteiger partial charge in [0.2, 0.25) is 0 Å². The zero-order valence-corrected chi connectivity index (χ0v) is 16.4. The molecule has 7 nitrogen and oxygen atoms in total. The molecule has 0 saturated carbocycles. The number of nitrogens with zero attached hydrogens (tertiary/aromatic N) is 1. The summed E-state index contributed by atoms with van der Waals surface area (Å²) in [7, 11) is 1.25. The first-order valence-corrected chi connectivity index (χ1v) is 9.07. The maximum Gasteiger partial charge on any atom is 0.340 e. The number of nitrogens with one attached hydrogen (secondary N) is 1. The van der Waals surface area contributed by atoms with E-state index in [4.69, 9.17) is 9.47 Å². The van der Waals surface area contributed by atoms with Crippen LogP contribution in [-0.2, 0) is 20.9 Å². The minimum atomic E-state index is -0.761. The van der Waals surface area contributed by atoms with Crippen LogP contribution in [0.4, 0.5) is 4.39 Å². The van der Waals surface area contributed by atoms with E-state index in [0.29, 0.717) is 11.1 Å². The Morgan fingerprint density at radius 2 is 1.77 bits per heavy atom. The molecule has 0 fully saturated rings. The Hall–Kier alpha value is -3.81. The second-order valence-electron chi connectivity index (χ2n) is 6.39. The van der Waals surface area contributed by atoms with E-state index in [0.717, 1.165) is 11.5 Å². The lowest BCUT2D eigenvalue weighted by molar-refractivity contribution is -0.143. The maximum absolute atomic E-state index is 13.6. The Labute approximate surface area is 171 Å². The van der Waals surface area contributed by atoms with Gasteiger partial charge in [-0.3, -0.25) is 9.59 Å². The van der Waals surface area contributed by atoms with Crippen molar-refractivity contribution >= 4 is 28.7 Å². The van der Waals surface area contributed by atoms with Gasteiger partial charge in [0, 0.05) is 5.39 Å². The number of aryl methyl sites for hydroxylation is 1. The van der Waals surface area contributed by atoms with Crippen LogP contribution in [-0.4, -0.2) is 36.5 Å². The number of benzene rings is 2. The number of halogens is 1. The van der Waals surface area contributed by atoms with E-state index < -0.39 is 30.2 Å². The third kappa shape index (κ3) is 4.43. The minimum Gasteiger partial charge on any atom is -0.465 e. The first-order valence-electron chi connectivity index (χ1n) is 9.07. The van der Waals surface area contributed by atoms with Gasteiger partial charge in [-0.1, -0.05) is 30.3 Å². The highest BCUT2D eigenvalue weighted by Gasteiger charge is 2.21. The van der Waals surface area contributed by atoms with Gasteiger partial charge in [-0.05, 0) is 30.7 Å². The molecule has 8 heteroatoms. The number of methoxy groups -OCH3 is 1. The molecule has 0 aliphatic heterocycles. The van der Waals surface area contributed by atoms with E-state index >= 15 is 0 Å². The standard InChI is InChI=1S/C22H19FN2O5/c1-13-14-7-4-6-10-17(14)25-18(20(13)22(28)29-2)12-30-19(26)11-24-21(27)15-8-3-5-9-16(15)23/h3-10H,11-12H2,1-2H3,(H,24,27). The highest BCUT2D eigenvalue weighted by atomic mass is 19.1. The summed E-state index contributed by atoms with van der Waals surface area (Å²) in [6.45, 7) is 1.01. The first kappa shape index (κ1) is 20.9. The number of para-hydroxylation sites is 1. The van der Waals surface area contributed by atoms with Crippen molar-refractivity contribution in [3.05, 3.63) is 76.7 Å². The van der Waals surface area contributed by atoms with E-state index in [1.54, 1.807) is 19.1 Å². The molecule has 0 atom stereocenters. The number of carbonyl (C=O) groups excluding carboxylic acids is 3. The van der Waals surface area contributed by atoms with E-state index in [1.165, 1.54) is 25.3 Å². The molecular weight excluding hydrogens is 391 g/mol. The summed E-state index contributed by atoms with van der Waals surface area (Å²) in [6, 6.07) is 12.7. The van der Waals surface area contributed by atoms with Gasteiger partial charge in [-0.25, -0.2) is 14.2 Å². The molecule has 2 aromatic carbocycles. The average molecular weight is 410 g/mol. The molecule has 1 amide bonds. The van der Waals surface area contributed by atoms with E-state index in [1.807, 2.05) is 12.1 Å². The van der Waals surface area contributed by atoms with Crippen LogP contribution in [0.3, 0.4) is 0 Å². The quantitative estimate of drug-likeness (QED) is 0.628.